The minimum Gasteiger partial charge on any atom is -0.207 e. The molecule has 1 aliphatic rings. The van der Waals surface area contributed by atoms with E-state index in [1.807, 2.05) is 0 Å². The van der Waals surface area contributed by atoms with Crippen LogP contribution in [0, 0.1) is 0 Å². The van der Waals surface area contributed by atoms with Crippen LogP contribution in [-0.2, 0) is 15.9 Å². The van der Waals surface area contributed by atoms with Crippen LogP contribution in [0.1, 0.15) is 24.1 Å². The second kappa shape index (κ2) is 5.04. The van der Waals surface area contributed by atoms with Gasteiger partial charge in [0.15, 0.2) is 0 Å². The van der Waals surface area contributed by atoms with Crippen molar-refractivity contribution in [3.63, 3.8) is 0 Å². The summed E-state index contributed by atoms with van der Waals surface area (Å²) in [5.74, 6) is 0.375. The first-order chi connectivity index (χ1) is 7.64. The van der Waals surface area contributed by atoms with Gasteiger partial charge in [-0.15, -0.1) is 22.9 Å². The van der Waals surface area contributed by atoms with E-state index >= 15 is 0 Å². The maximum atomic E-state index is 12.2. The Morgan fingerprint density at radius 1 is 1.31 bits per heavy atom. The number of hydrogen-bond donors (Lipinski definition) is 0. The fourth-order valence-corrected chi connectivity index (χ4v) is 4.71. The molecule has 0 spiro atoms. The van der Waals surface area contributed by atoms with Gasteiger partial charge in [-0.3, -0.25) is 0 Å². The molecule has 0 amide bonds. The SMILES string of the molecule is O=S(=O)(c1csc(CCl)c1)N1CCCCC1. The van der Waals surface area contributed by atoms with Crippen molar-refractivity contribution in [2.75, 3.05) is 13.1 Å². The third-order valence-electron chi connectivity index (χ3n) is 2.71. The summed E-state index contributed by atoms with van der Waals surface area (Å²) in [6, 6.07) is 1.68. The largest absolute Gasteiger partial charge is 0.243 e. The number of sulfonamides is 1. The molecular weight excluding hydrogens is 266 g/mol. The number of halogens is 1. The molecule has 0 N–H and O–H groups in total. The Hall–Kier alpha value is -0.100. The summed E-state index contributed by atoms with van der Waals surface area (Å²) in [7, 11) is -3.27. The van der Waals surface area contributed by atoms with Crippen molar-refractivity contribution in [3.05, 3.63) is 16.3 Å². The van der Waals surface area contributed by atoms with Crippen molar-refractivity contribution in [2.24, 2.45) is 0 Å². The molecule has 0 radical (unpaired) electrons. The average molecular weight is 280 g/mol. The maximum absolute atomic E-state index is 12.2. The van der Waals surface area contributed by atoms with Crippen molar-refractivity contribution in [1.29, 1.82) is 0 Å². The summed E-state index contributed by atoms with van der Waals surface area (Å²) < 4.78 is 26.0. The number of rotatable bonds is 3. The molecule has 2 rings (SSSR count). The molecule has 0 aromatic carbocycles. The molecule has 0 aliphatic carbocycles. The summed E-state index contributed by atoms with van der Waals surface area (Å²) in [5.41, 5.74) is 0. The fourth-order valence-electron chi connectivity index (χ4n) is 1.82. The van der Waals surface area contributed by atoms with Crippen LogP contribution in [0.15, 0.2) is 16.3 Å². The van der Waals surface area contributed by atoms with Gasteiger partial charge in [0.2, 0.25) is 10.0 Å². The predicted molar refractivity (Wildman–Crippen MR) is 66.5 cm³/mol. The lowest BCUT2D eigenvalue weighted by atomic mass is 10.2. The van der Waals surface area contributed by atoms with Crippen LogP contribution >= 0.6 is 22.9 Å². The highest BCUT2D eigenvalue weighted by molar-refractivity contribution is 7.89. The summed E-state index contributed by atoms with van der Waals surface area (Å²) in [5, 5.41) is 1.68. The van der Waals surface area contributed by atoms with E-state index in [9.17, 15) is 8.42 Å². The second-order valence-corrected chi connectivity index (χ2v) is 7.05. The standard InChI is InChI=1S/C10H14ClNO2S2/c11-7-9-6-10(8-15-9)16(13,14)12-4-2-1-3-5-12/h6,8H,1-5,7H2. The van der Waals surface area contributed by atoms with Crippen LogP contribution in [0.5, 0.6) is 0 Å². The molecule has 6 heteroatoms. The monoisotopic (exact) mass is 279 g/mol. The summed E-state index contributed by atoms with van der Waals surface area (Å²) in [6.07, 6.45) is 3.06. The first-order valence-electron chi connectivity index (χ1n) is 5.28. The Balaban J connectivity index is 2.23. The van der Waals surface area contributed by atoms with Crippen LogP contribution < -0.4 is 0 Å². The van der Waals surface area contributed by atoms with Gasteiger partial charge in [0.25, 0.3) is 0 Å². The second-order valence-electron chi connectivity index (χ2n) is 3.85. The first kappa shape index (κ1) is 12.4. The van der Waals surface area contributed by atoms with Crippen molar-refractivity contribution < 1.29 is 8.42 Å². The molecule has 0 bridgehead atoms. The number of alkyl halides is 1. The van der Waals surface area contributed by atoms with Gasteiger partial charge in [0.1, 0.15) is 0 Å². The van der Waals surface area contributed by atoms with Gasteiger partial charge in [-0.05, 0) is 18.9 Å². The minimum atomic E-state index is -3.27. The number of piperidine rings is 1. The van der Waals surface area contributed by atoms with Crippen LogP contribution in [0.25, 0.3) is 0 Å². The molecular formula is C10H14ClNO2S2. The van der Waals surface area contributed by atoms with E-state index in [4.69, 9.17) is 11.6 Å². The van der Waals surface area contributed by atoms with Gasteiger partial charge in [-0.1, -0.05) is 6.42 Å². The normalized spacial score (nSPS) is 18.8. The number of thiophene rings is 1. The third kappa shape index (κ3) is 2.42. The smallest absolute Gasteiger partial charge is 0.207 e. The van der Waals surface area contributed by atoms with Gasteiger partial charge in [0, 0.05) is 23.3 Å². The summed E-state index contributed by atoms with van der Waals surface area (Å²) >= 11 is 7.08. The lowest BCUT2D eigenvalue weighted by Gasteiger charge is -2.25. The Morgan fingerprint density at radius 3 is 2.56 bits per heavy atom. The van der Waals surface area contributed by atoms with E-state index in [0.29, 0.717) is 23.9 Å². The van der Waals surface area contributed by atoms with Crippen molar-refractivity contribution >= 4 is 33.0 Å². The van der Waals surface area contributed by atoms with E-state index in [-0.39, 0.29) is 0 Å². The molecule has 0 atom stereocenters. The van der Waals surface area contributed by atoms with E-state index in [1.165, 1.54) is 11.3 Å². The van der Waals surface area contributed by atoms with E-state index in [2.05, 4.69) is 0 Å². The minimum absolute atomic E-state index is 0.375. The highest BCUT2D eigenvalue weighted by Crippen LogP contribution is 2.25. The maximum Gasteiger partial charge on any atom is 0.243 e. The molecule has 3 nitrogen and oxygen atoms in total. The Morgan fingerprint density at radius 2 is 2.00 bits per heavy atom. The molecule has 1 saturated heterocycles. The predicted octanol–water partition coefficient (Wildman–Crippen LogP) is 2.66. The molecule has 90 valence electrons. The lowest BCUT2D eigenvalue weighted by molar-refractivity contribution is 0.347. The lowest BCUT2D eigenvalue weighted by Crippen LogP contribution is -2.35. The molecule has 1 aromatic heterocycles. The molecule has 2 heterocycles. The zero-order valence-corrected chi connectivity index (χ0v) is 11.2. The highest BCUT2D eigenvalue weighted by atomic mass is 35.5. The number of hydrogen-bond acceptors (Lipinski definition) is 3. The van der Waals surface area contributed by atoms with Crippen LogP contribution in [0.4, 0.5) is 0 Å². The van der Waals surface area contributed by atoms with Gasteiger partial charge in [-0.25, -0.2) is 8.42 Å². The topological polar surface area (TPSA) is 37.4 Å². The Bertz CT molecular complexity index is 449. The molecule has 1 aliphatic heterocycles. The first-order valence-corrected chi connectivity index (χ1v) is 8.13. The van der Waals surface area contributed by atoms with E-state index in [0.717, 1.165) is 24.1 Å². The zero-order valence-electron chi connectivity index (χ0n) is 8.86. The molecule has 16 heavy (non-hydrogen) atoms. The van der Waals surface area contributed by atoms with Gasteiger partial charge >= 0.3 is 0 Å². The summed E-state index contributed by atoms with van der Waals surface area (Å²) in [6.45, 7) is 1.29. The van der Waals surface area contributed by atoms with Gasteiger partial charge in [-0.2, -0.15) is 4.31 Å². The van der Waals surface area contributed by atoms with Gasteiger partial charge in [0.05, 0.1) is 10.8 Å². The summed E-state index contributed by atoms with van der Waals surface area (Å²) in [4.78, 5) is 1.30. The fraction of sp³-hybridized carbons (Fsp3) is 0.600. The highest BCUT2D eigenvalue weighted by Gasteiger charge is 2.26. The quantitative estimate of drug-likeness (QED) is 0.798. The number of nitrogens with zero attached hydrogens (tertiary/aromatic N) is 1. The zero-order chi connectivity index (χ0) is 11.6. The Kier molecular flexibility index (Phi) is 3.89. The molecule has 1 aromatic rings. The molecule has 0 saturated carbocycles. The Labute approximate surface area is 105 Å². The van der Waals surface area contributed by atoms with Crippen LogP contribution in [0.3, 0.4) is 0 Å². The van der Waals surface area contributed by atoms with Crippen LogP contribution in [-0.4, -0.2) is 25.8 Å². The van der Waals surface area contributed by atoms with Crippen molar-refractivity contribution in [3.8, 4) is 0 Å². The van der Waals surface area contributed by atoms with Gasteiger partial charge < -0.3 is 0 Å². The van der Waals surface area contributed by atoms with Crippen molar-refractivity contribution in [2.45, 2.75) is 30.0 Å². The third-order valence-corrected chi connectivity index (χ3v) is 6.12. The average Bonchev–Trinajstić information content (AvgIpc) is 2.79. The molecule has 1 fully saturated rings. The van der Waals surface area contributed by atoms with E-state index < -0.39 is 10.0 Å². The van der Waals surface area contributed by atoms with Crippen molar-refractivity contribution in [1.82, 2.24) is 4.31 Å². The van der Waals surface area contributed by atoms with E-state index in [1.54, 1.807) is 15.8 Å². The molecule has 0 unspecified atom stereocenters. The van der Waals surface area contributed by atoms with Crippen LogP contribution in [0.2, 0.25) is 0 Å².